The van der Waals surface area contributed by atoms with Crippen molar-refractivity contribution < 1.29 is 14.6 Å². The van der Waals surface area contributed by atoms with E-state index in [1.54, 1.807) is 11.8 Å². The molecule has 0 aliphatic rings. The van der Waals surface area contributed by atoms with E-state index in [0.29, 0.717) is 12.2 Å². The Labute approximate surface area is 130 Å². The number of nitrogens with zero attached hydrogens (tertiary/aromatic N) is 3. The van der Waals surface area contributed by atoms with Crippen molar-refractivity contribution in [2.24, 2.45) is 0 Å². The van der Waals surface area contributed by atoms with Crippen LogP contribution < -0.4 is 4.74 Å². The van der Waals surface area contributed by atoms with Gasteiger partial charge in [-0.3, -0.25) is 0 Å². The zero-order chi connectivity index (χ0) is 15.6. The molecular formula is C14H16BrN3O3. The fraction of sp³-hybridized carbons (Fsp3) is 0.357. The molecule has 0 atom stereocenters. The molecule has 0 saturated heterocycles. The standard InChI is InChI=1S/C14H16BrN3O3/c1-8(2)13-12(14(19)20)16-17-18(13)7-9-6-10(21-3)4-5-11(9)15/h4-6,8H,7H2,1-3H3,(H,19,20). The second-order valence-corrected chi connectivity index (χ2v) is 5.75. The maximum atomic E-state index is 11.2. The molecule has 1 aromatic carbocycles. The zero-order valence-corrected chi connectivity index (χ0v) is 13.6. The molecule has 1 heterocycles. The third-order valence-corrected chi connectivity index (χ3v) is 3.87. The molecule has 0 bridgehead atoms. The van der Waals surface area contributed by atoms with E-state index in [9.17, 15) is 9.90 Å². The van der Waals surface area contributed by atoms with Gasteiger partial charge >= 0.3 is 5.97 Å². The number of carboxylic acid groups (broad SMARTS) is 1. The van der Waals surface area contributed by atoms with Gasteiger partial charge in [0.2, 0.25) is 0 Å². The van der Waals surface area contributed by atoms with Gasteiger partial charge in [-0.05, 0) is 29.7 Å². The highest BCUT2D eigenvalue weighted by atomic mass is 79.9. The van der Waals surface area contributed by atoms with E-state index in [-0.39, 0.29) is 11.6 Å². The van der Waals surface area contributed by atoms with Crippen molar-refractivity contribution in [2.75, 3.05) is 7.11 Å². The third-order valence-electron chi connectivity index (χ3n) is 3.10. The van der Waals surface area contributed by atoms with Crippen LogP contribution in [-0.4, -0.2) is 33.2 Å². The largest absolute Gasteiger partial charge is 0.497 e. The number of aromatic carboxylic acids is 1. The molecule has 21 heavy (non-hydrogen) atoms. The van der Waals surface area contributed by atoms with Crippen molar-refractivity contribution in [1.82, 2.24) is 15.0 Å². The number of hydrogen-bond donors (Lipinski definition) is 1. The normalized spacial score (nSPS) is 10.9. The highest BCUT2D eigenvalue weighted by molar-refractivity contribution is 9.10. The van der Waals surface area contributed by atoms with Crippen molar-refractivity contribution in [2.45, 2.75) is 26.3 Å². The topological polar surface area (TPSA) is 77.2 Å². The van der Waals surface area contributed by atoms with Gasteiger partial charge in [0.15, 0.2) is 5.69 Å². The summed E-state index contributed by atoms with van der Waals surface area (Å²) in [7, 11) is 1.60. The molecule has 6 nitrogen and oxygen atoms in total. The van der Waals surface area contributed by atoms with Gasteiger partial charge in [0.1, 0.15) is 5.75 Å². The van der Waals surface area contributed by atoms with Crippen LogP contribution in [0.2, 0.25) is 0 Å². The van der Waals surface area contributed by atoms with Crippen molar-refractivity contribution >= 4 is 21.9 Å². The Kier molecular flexibility index (Phi) is 4.62. The van der Waals surface area contributed by atoms with E-state index < -0.39 is 5.97 Å². The lowest BCUT2D eigenvalue weighted by Crippen LogP contribution is -2.11. The Morgan fingerprint density at radius 2 is 2.19 bits per heavy atom. The van der Waals surface area contributed by atoms with Crippen LogP contribution in [0, 0.1) is 0 Å². The molecule has 2 aromatic rings. The lowest BCUT2D eigenvalue weighted by Gasteiger charge is -2.12. The Hall–Kier alpha value is -1.89. The average Bonchev–Trinajstić information content (AvgIpc) is 2.85. The minimum absolute atomic E-state index is 0.00372. The Morgan fingerprint density at radius 3 is 2.76 bits per heavy atom. The Balaban J connectivity index is 2.42. The predicted octanol–water partition coefficient (Wildman–Crippen LogP) is 2.92. The zero-order valence-electron chi connectivity index (χ0n) is 12.0. The van der Waals surface area contributed by atoms with Gasteiger partial charge in [0.05, 0.1) is 19.3 Å². The van der Waals surface area contributed by atoms with E-state index in [1.165, 1.54) is 0 Å². The average molecular weight is 354 g/mol. The molecule has 1 aromatic heterocycles. The van der Waals surface area contributed by atoms with Crippen molar-refractivity contribution in [3.8, 4) is 5.75 Å². The summed E-state index contributed by atoms with van der Waals surface area (Å²) in [6, 6.07) is 5.62. The number of halogens is 1. The first-order valence-electron chi connectivity index (χ1n) is 6.43. The molecule has 112 valence electrons. The maximum Gasteiger partial charge on any atom is 0.358 e. The molecule has 0 fully saturated rings. The number of benzene rings is 1. The SMILES string of the molecule is COc1ccc(Br)c(Cn2nnc(C(=O)O)c2C(C)C)c1. The Morgan fingerprint density at radius 1 is 1.48 bits per heavy atom. The molecule has 0 radical (unpaired) electrons. The van der Waals surface area contributed by atoms with E-state index in [4.69, 9.17) is 4.74 Å². The number of carboxylic acids is 1. The molecule has 2 rings (SSSR count). The lowest BCUT2D eigenvalue weighted by molar-refractivity contribution is 0.0688. The second kappa shape index (κ2) is 6.26. The molecular weight excluding hydrogens is 338 g/mol. The summed E-state index contributed by atoms with van der Waals surface area (Å²) in [5.41, 5.74) is 1.55. The van der Waals surface area contributed by atoms with Gasteiger partial charge in [-0.25, -0.2) is 9.48 Å². The van der Waals surface area contributed by atoms with Gasteiger partial charge in [0.25, 0.3) is 0 Å². The van der Waals surface area contributed by atoms with Gasteiger partial charge < -0.3 is 9.84 Å². The van der Waals surface area contributed by atoms with Gasteiger partial charge in [0, 0.05) is 4.47 Å². The molecule has 7 heteroatoms. The minimum atomic E-state index is -1.06. The monoisotopic (exact) mass is 353 g/mol. The molecule has 0 aliphatic heterocycles. The highest BCUT2D eigenvalue weighted by Crippen LogP contribution is 2.25. The van der Waals surface area contributed by atoms with Gasteiger partial charge in [-0.1, -0.05) is 35.0 Å². The first-order valence-corrected chi connectivity index (χ1v) is 7.22. The van der Waals surface area contributed by atoms with Crippen molar-refractivity contribution in [3.63, 3.8) is 0 Å². The molecule has 0 spiro atoms. The molecule has 0 amide bonds. The number of carbonyl (C=O) groups is 1. The fourth-order valence-electron chi connectivity index (χ4n) is 2.12. The minimum Gasteiger partial charge on any atom is -0.497 e. The summed E-state index contributed by atoms with van der Waals surface area (Å²) < 4.78 is 7.73. The number of hydrogen-bond acceptors (Lipinski definition) is 4. The quantitative estimate of drug-likeness (QED) is 0.893. The first kappa shape index (κ1) is 15.5. The van der Waals surface area contributed by atoms with Crippen LogP contribution in [0.25, 0.3) is 0 Å². The lowest BCUT2D eigenvalue weighted by atomic mass is 10.1. The molecule has 0 aliphatic carbocycles. The van der Waals surface area contributed by atoms with Crippen molar-refractivity contribution in [3.05, 3.63) is 39.6 Å². The maximum absolute atomic E-state index is 11.2. The summed E-state index contributed by atoms with van der Waals surface area (Å²) in [6.45, 7) is 4.26. The second-order valence-electron chi connectivity index (χ2n) is 4.90. The van der Waals surface area contributed by atoms with Crippen LogP contribution in [0.5, 0.6) is 5.75 Å². The van der Waals surface area contributed by atoms with Crippen molar-refractivity contribution in [1.29, 1.82) is 0 Å². The van der Waals surface area contributed by atoms with Crippen LogP contribution in [0.15, 0.2) is 22.7 Å². The third kappa shape index (κ3) is 3.24. The summed E-state index contributed by atoms with van der Waals surface area (Å²) in [4.78, 5) is 11.2. The molecule has 1 N–H and O–H groups in total. The van der Waals surface area contributed by atoms with E-state index in [2.05, 4.69) is 26.2 Å². The fourth-order valence-corrected chi connectivity index (χ4v) is 2.49. The van der Waals surface area contributed by atoms with Crippen LogP contribution in [-0.2, 0) is 6.54 Å². The summed E-state index contributed by atoms with van der Waals surface area (Å²) in [5, 5.41) is 16.9. The van der Waals surface area contributed by atoms with Crippen LogP contribution >= 0.6 is 15.9 Å². The van der Waals surface area contributed by atoms with Gasteiger partial charge in [-0.15, -0.1) is 5.10 Å². The summed E-state index contributed by atoms with van der Waals surface area (Å²) in [6.07, 6.45) is 0. The Bertz CT molecular complexity index is 667. The number of aromatic nitrogens is 3. The molecule has 0 unspecified atom stereocenters. The van der Waals surface area contributed by atoms with Crippen LogP contribution in [0.4, 0.5) is 0 Å². The number of rotatable bonds is 5. The smallest absolute Gasteiger partial charge is 0.358 e. The number of ether oxygens (including phenoxy) is 1. The van der Waals surface area contributed by atoms with Crippen LogP contribution in [0.1, 0.15) is 41.5 Å². The predicted molar refractivity (Wildman–Crippen MR) is 80.9 cm³/mol. The van der Waals surface area contributed by atoms with E-state index in [1.807, 2.05) is 32.0 Å². The number of methoxy groups -OCH3 is 1. The summed E-state index contributed by atoms with van der Waals surface area (Å²) in [5.74, 6) is -0.317. The first-order chi connectivity index (χ1) is 9.93. The van der Waals surface area contributed by atoms with Crippen LogP contribution in [0.3, 0.4) is 0 Å². The van der Waals surface area contributed by atoms with Gasteiger partial charge in [-0.2, -0.15) is 0 Å². The summed E-state index contributed by atoms with van der Waals surface area (Å²) >= 11 is 3.48. The van der Waals surface area contributed by atoms with E-state index >= 15 is 0 Å². The highest BCUT2D eigenvalue weighted by Gasteiger charge is 2.21. The van der Waals surface area contributed by atoms with E-state index in [0.717, 1.165) is 15.8 Å². The molecule has 0 saturated carbocycles.